The molecule has 0 aromatic heterocycles. The maximum Gasteiger partial charge on any atom is 0.242 e. The topological polar surface area (TPSA) is 84.5 Å². The highest BCUT2D eigenvalue weighted by Gasteiger charge is 2.27. The van der Waals surface area contributed by atoms with Gasteiger partial charge in [-0.3, -0.25) is 4.79 Å². The summed E-state index contributed by atoms with van der Waals surface area (Å²) in [6.07, 6.45) is 2.13. The fraction of sp³-hybridized carbons (Fsp3) is 0.208. The number of amides is 1. The second-order valence-corrected chi connectivity index (χ2v) is 9.75. The number of methoxy groups -OCH3 is 1. The summed E-state index contributed by atoms with van der Waals surface area (Å²) < 4.78 is 34.1. The molecule has 3 aromatic rings. The molecule has 0 bridgehead atoms. The second-order valence-electron chi connectivity index (χ2n) is 7.18. The van der Waals surface area contributed by atoms with Crippen molar-refractivity contribution in [3.63, 3.8) is 0 Å². The molecular formula is C24H26N2O4S2. The van der Waals surface area contributed by atoms with Crippen LogP contribution < -0.4 is 14.8 Å². The van der Waals surface area contributed by atoms with E-state index in [1.165, 1.54) is 31.0 Å². The predicted octanol–water partition coefficient (Wildman–Crippen LogP) is 4.25. The number of sulfonamides is 1. The summed E-state index contributed by atoms with van der Waals surface area (Å²) >= 11 is 1.50. The van der Waals surface area contributed by atoms with E-state index in [4.69, 9.17) is 4.74 Å². The zero-order valence-electron chi connectivity index (χ0n) is 18.2. The first-order chi connectivity index (χ1) is 15.3. The van der Waals surface area contributed by atoms with E-state index in [0.29, 0.717) is 17.0 Å². The average Bonchev–Trinajstić information content (AvgIpc) is 2.79. The summed E-state index contributed by atoms with van der Waals surface area (Å²) in [6, 6.07) is 20.3. The molecule has 0 saturated heterocycles. The Labute approximate surface area is 193 Å². The smallest absolute Gasteiger partial charge is 0.242 e. The van der Waals surface area contributed by atoms with Gasteiger partial charge in [0.05, 0.1) is 17.7 Å². The number of hydrogen-bond acceptors (Lipinski definition) is 5. The van der Waals surface area contributed by atoms with Crippen LogP contribution in [0, 0.1) is 6.92 Å². The van der Waals surface area contributed by atoms with Gasteiger partial charge < -0.3 is 10.1 Å². The van der Waals surface area contributed by atoms with Crippen LogP contribution in [0.5, 0.6) is 5.75 Å². The zero-order valence-corrected chi connectivity index (χ0v) is 19.8. The van der Waals surface area contributed by atoms with E-state index in [9.17, 15) is 13.2 Å². The molecule has 3 aromatic carbocycles. The minimum Gasteiger partial charge on any atom is -0.496 e. The molecule has 0 fully saturated rings. The van der Waals surface area contributed by atoms with Crippen LogP contribution in [0.4, 0.5) is 5.69 Å². The van der Waals surface area contributed by atoms with Crippen molar-refractivity contribution in [3.8, 4) is 5.75 Å². The summed E-state index contributed by atoms with van der Waals surface area (Å²) in [7, 11) is -2.42. The van der Waals surface area contributed by atoms with Gasteiger partial charge in [0.15, 0.2) is 0 Å². The van der Waals surface area contributed by atoms with Crippen LogP contribution in [0.3, 0.4) is 0 Å². The van der Waals surface area contributed by atoms with Gasteiger partial charge in [-0.15, -0.1) is 11.8 Å². The van der Waals surface area contributed by atoms with Crippen LogP contribution >= 0.6 is 11.8 Å². The third kappa shape index (κ3) is 5.91. The lowest BCUT2D eigenvalue weighted by atomic mass is 10.1. The number of carbonyl (C=O) groups is 1. The Morgan fingerprint density at radius 2 is 1.72 bits per heavy atom. The van der Waals surface area contributed by atoms with Gasteiger partial charge in [-0.2, -0.15) is 4.72 Å². The van der Waals surface area contributed by atoms with E-state index in [0.717, 1.165) is 10.5 Å². The first-order valence-electron chi connectivity index (χ1n) is 9.99. The first kappa shape index (κ1) is 23.8. The van der Waals surface area contributed by atoms with Gasteiger partial charge in [-0.1, -0.05) is 42.5 Å². The lowest BCUT2D eigenvalue weighted by Gasteiger charge is -2.20. The highest BCUT2D eigenvalue weighted by molar-refractivity contribution is 7.98. The molecule has 0 aliphatic rings. The Kier molecular flexibility index (Phi) is 7.95. The molecule has 0 saturated carbocycles. The van der Waals surface area contributed by atoms with Crippen molar-refractivity contribution in [1.29, 1.82) is 0 Å². The number of carbonyl (C=O) groups excluding carboxylic acids is 1. The Hall–Kier alpha value is -2.81. The van der Waals surface area contributed by atoms with Crippen LogP contribution in [0.15, 0.2) is 82.6 Å². The summed E-state index contributed by atoms with van der Waals surface area (Å²) in [6.45, 7) is 1.77. The van der Waals surface area contributed by atoms with E-state index < -0.39 is 22.0 Å². The van der Waals surface area contributed by atoms with Crippen LogP contribution in [0.1, 0.15) is 11.1 Å². The lowest BCUT2D eigenvalue weighted by Crippen LogP contribution is -2.45. The van der Waals surface area contributed by atoms with Crippen LogP contribution in [-0.2, 0) is 21.2 Å². The molecule has 1 atom stereocenters. The summed E-state index contributed by atoms with van der Waals surface area (Å²) in [5.74, 6) is 0.167. The molecule has 3 rings (SSSR count). The van der Waals surface area contributed by atoms with E-state index in [-0.39, 0.29) is 11.3 Å². The standard InChI is InChI=1S/C24H26N2O4S2/c1-17-15-19(13-14-22(17)30-2)32(28,29)26-21(16-18-9-5-4-6-10-18)24(27)25-20-11-7-8-12-23(20)31-3/h4-15,21,26H,16H2,1-3H3,(H,25,27)/t21-/m1/s1. The van der Waals surface area contributed by atoms with Crippen LogP contribution in [0.25, 0.3) is 0 Å². The van der Waals surface area contributed by atoms with Gasteiger partial charge in [0.25, 0.3) is 0 Å². The molecule has 0 aliphatic heterocycles. The van der Waals surface area contributed by atoms with Gasteiger partial charge in [0.2, 0.25) is 15.9 Å². The molecule has 0 spiro atoms. The Bertz CT molecular complexity index is 1180. The minimum absolute atomic E-state index is 0.0752. The number of para-hydroxylation sites is 1. The van der Waals surface area contributed by atoms with E-state index >= 15 is 0 Å². The summed E-state index contributed by atoms with van der Waals surface area (Å²) in [5, 5.41) is 2.88. The molecule has 8 heteroatoms. The number of aryl methyl sites for hydroxylation is 1. The number of thioether (sulfide) groups is 1. The molecule has 6 nitrogen and oxygen atoms in total. The first-order valence-corrected chi connectivity index (χ1v) is 12.7. The average molecular weight is 471 g/mol. The van der Waals surface area contributed by atoms with Crippen molar-refractivity contribution in [2.24, 2.45) is 0 Å². The summed E-state index contributed by atoms with van der Waals surface area (Å²) in [4.78, 5) is 14.2. The molecule has 32 heavy (non-hydrogen) atoms. The largest absolute Gasteiger partial charge is 0.496 e. The van der Waals surface area contributed by atoms with Crippen molar-refractivity contribution in [2.75, 3.05) is 18.7 Å². The normalized spacial score (nSPS) is 12.2. The van der Waals surface area contributed by atoms with E-state index in [2.05, 4.69) is 10.0 Å². The molecular weight excluding hydrogens is 444 g/mol. The highest BCUT2D eigenvalue weighted by Crippen LogP contribution is 2.25. The molecule has 168 valence electrons. The minimum atomic E-state index is -3.95. The van der Waals surface area contributed by atoms with Crippen molar-refractivity contribution in [3.05, 3.63) is 83.9 Å². The van der Waals surface area contributed by atoms with E-state index in [1.54, 1.807) is 19.1 Å². The molecule has 0 unspecified atom stereocenters. The fourth-order valence-corrected chi connectivity index (χ4v) is 5.11. The van der Waals surface area contributed by atoms with E-state index in [1.807, 2.05) is 54.8 Å². The van der Waals surface area contributed by atoms with Crippen molar-refractivity contribution in [2.45, 2.75) is 29.2 Å². The molecule has 0 radical (unpaired) electrons. The fourth-order valence-electron chi connectivity index (χ4n) is 3.28. The quantitative estimate of drug-likeness (QED) is 0.457. The van der Waals surface area contributed by atoms with Gasteiger partial charge in [0, 0.05) is 4.90 Å². The Morgan fingerprint density at radius 1 is 1.03 bits per heavy atom. The number of benzene rings is 3. The number of nitrogens with one attached hydrogen (secondary N) is 2. The third-order valence-electron chi connectivity index (χ3n) is 4.94. The predicted molar refractivity (Wildman–Crippen MR) is 129 cm³/mol. The van der Waals surface area contributed by atoms with Crippen LogP contribution in [-0.4, -0.2) is 33.7 Å². The SMILES string of the molecule is COc1ccc(S(=O)(=O)N[C@H](Cc2ccccc2)C(=O)Nc2ccccc2SC)cc1C. The number of rotatable bonds is 9. The molecule has 0 aliphatic carbocycles. The monoisotopic (exact) mass is 470 g/mol. The summed E-state index contributed by atoms with van der Waals surface area (Å²) in [5.41, 5.74) is 2.18. The lowest BCUT2D eigenvalue weighted by molar-refractivity contribution is -0.117. The molecule has 2 N–H and O–H groups in total. The maximum atomic E-state index is 13.2. The highest BCUT2D eigenvalue weighted by atomic mass is 32.2. The van der Waals surface area contributed by atoms with Gasteiger partial charge in [-0.25, -0.2) is 8.42 Å². The van der Waals surface area contributed by atoms with Crippen molar-refractivity contribution in [1.82, 2.24) is 4.72 Å². The van der Waals surface area contributed by atoms with Crippen molar-refractivity contribution >= 4 is 33.4 Å². The maximum absolute atomic E-state index is 13.2. The van der Waals surface area contributed by atoms with Crippen LogP contribution in [0.2, 0.25) is 0 Å². The van der Waals surface area contributed by atoms with Crippen molar-refractivity contribution < 1.29 is 17.9 Å². The number of anilines is 1. The Balaban J connectivity index is 1.90. The second kappa shape index (κ2) is 10.7. The number of ether oxygens (including phenoxy) is 1. The Morgan fingerprint density at radius 3 is 2.38 bits per heavy atom. The zero-order chi connectivity index (χ0) is 23.1. The van der Waals surface area contributed by atoms with Gasteiger partial charge in [-0.05, 0) is 61.1 Å². The van der Waals surface area contributed by atoms with Gasteiger partial charge in [0.1, 0.15) is 11.8 Å². The molecule has 0 heterocycles. The molecule has 1 amide bonds. The number of hydrogen-bond donors (Lipinski definition) is 2. The third-order valence-corrected chi connectivity index (χ3v) is 7.20. The van der Waals surface area contributed by atoms with Gasteiger partial charge >= 0.3 is 0 Å².